The van der Waals surface area contributed by atoms with Crippen LogP contribution in [0, 0.1) is 0 Å². The van der Waals surface area contributed by atoms with Gasteiger partial charge in [-0.1, -0.05) is 23.7 Å². The van der Waals surface area contributed by atoms with Gasteiger partial charge in [-0.05, 0) is 41.3 Å². The first kappa shape index (κ1) is 17.7. The molecule has 1 aromatic carbocycles. The molecule has 2 heterocycles. The summed E-state index contributed by atoms with van der Waals surface area (Å²) in [5, 5.41) is 9.97. The van der Waals surface area contributed by atoms with E-state index < -0.39 is 0 Å². The number of nitrogens with one attached hydrogen (secondary N) is 2. The van der Waals surface area contributed by atoms with E-state index in [-0.39, 0.29) is 11.8 Å². The smallest absolute Gasteiger partial charge is 0.315 e. The Morgan fingerprint density at radius 2 is 1.72 bits per heavy atom. The third kappa shape index (κ3) is 4.92. The fourth-order valence-electron chi connectivity index (χ4n) is 2.15. The van der Waals surface area contributed by atoms with Crippen molar-refractivity contribution < 1.29 is 9.59 Å². The lowest BCUT2D eigenvalue weighted by Gasteiger charge is -2.07. The van der Waals surface area contributed by atoms with Gasteiger partial charge in [-0.2, -0.15) is 11.3 Å². The van der Waals surface area contributed by atoms with E-state index in [1.807, 2.05) is 35.0 Å². The van der Waals surface area contributed by atoms with Gasteiger partial charge in [-0.15, -0.1) is 11.3 Å². The molecule has 0 radical (unpaired) electrons. The van der Waals surface area contributed by atoms with E-state index in [1.54, 1.807) is 18.2 Å². The van der Waals surface area contributed by atoms with Crippen LogP contribution < -0.4 is 10.6 Å². The van der Waals surface area contributed by atoms with Crippen LogP contribution in [-0.2, 0) is 13.1 Å². The van der Waals surface area contributed by atoms with Crippen LogP contribution in [0.2, 0.25) is 5.02 Å². The molecule has 0 unspecified atom stereocenters. The van der Waals surface area contributed by atoms with Gasteiger partial charge in [0.05, 0.1) is 11.4 Å². The molecule has 0 atom stereocenters. The van der Waals surface area contributed by atoms with Gasteiger partial charge in [0.25, 0.3) is 0 Å². The molecule has 2 N–H and O–H groups in total. The monoisotopic (exact) mass is 390 g/mol. The van der Waals surface area contributed by atoms with Crippen molar-refractivity contribution in [1.29, 1.82) is 0 Å². The molecule has 3 aromatic rings. The van der Waals surface area contributed by atoms with E-state index in [0.29, 0.717) is 28.6 Å². The Kier molecular flexibility index (Phi) is 5.86. The molecule has 2 aromatic heterocycles. The first-order valence-corrected chi connectivity index (χ1v) is 9.67. The summed E-state index contributed by atoms with van der Waals surface area (Å²) in [6, 6.07) is 12.5. The predicted octanol–water partition coefficient (Wildman–Crippen LogP) is 4.69. The maximum atomic E-state index is 12.3. The second-order valence-corrected chi connectivity index (χ2v) is 7.65. The quantitative estimate of drug-likeness (QED) is 0.599. The Bertz CT molecular complexity index is 858. The van der Waals surface area contributed by atoms with E-state index in [9.17, 15) is 9.59 Å². The number of urea groups is 1. The Labute approximate surface area is 158 Å². The molecule has 0 saturated carbocycles. The lowest BCUT2D eigenvalue weighted by Crippen LogP contribution is -2.34. The molecule has 128 valence electrons. The number of amides is 2. The third-order valence-electron chi connectivity index (χ3n) is 3.46. The van der Waals surface area contributed by atoms with Gasteiger partial charge in [-0.25, -0.2) is 4.79 Å². The summed E-state index contributed by atoms with van der Waals surface area (Å²) in [4.78, 5) is 25.7. The highest BCUT2D eigenvalue weighted by Crippen LogP contribution is 2.21. The van der Waals surface area contributed by atoms with Crippen LogP contribution >= 0.6 is 34.3 Å². The molecule has 0 bridgehead atoms. The molecule has 25 heavy (non-hydrogen) atoms. The summed E-state index contributed by atoms with van der Waals surface area (Å²) in [5.41, 5.74) is 1.67. The number of halogens is 1. The minimum absolute atomic E-state index is 0.0182. The van der Waals surface area contributed by atoms with Crippen molar-refractivity contribution in [3.8, 4) is 0 Å². The highest BCUT2D eigenvalue weighted by Gasteiger charge is 2.12. The second kappa shape index (κ2) is 8.29. The average molecular weight is 391 g/mol. The molecule has 7 heteroatoms. The second-order valence-electron chi connectivity index (χ2n) is 5.27. The Morgan fingerprint density at radius 1 is 0.960 bits per heavy atom. The fraction of sp³-hybridized carbons (Fsp3) is 0.111. The number of benzene rings is 1. The first-order chi connectivity index (χ1) is 12.1. The zero-order valence-corrected chi connectivity index (χ0v) is 15.5. The predicted molar refractivity (Wildman–Crippen MR) is 103 cm³/mol. The SMILES string of the molecule is O=C(NCc1ccc(Cl)cc1)NCc1ccc(C(=O)c2ccsc2)s1. The van der Waals surface area contributed by atoms with Gasteiger partial charge in [0, 0.05) is 27.4 Å². The summed E-state index contributed by atoms with van der Waals surface area (Å²) >= 11 is 8.72. The highest BCUT2D eigenvalue weighted by atomic mass is 35.5. The summed E-state index contributed by atoms with van der Waals surface area (Å²) in [6.45, 7) is 0.809. The van der Waals surface area contributed by atoms with Crippen molar-refractivity contribution in [2.45, 2.75) is 13.1 Å². The first-order valence-electron chi connectivity index (χ1n) is 7.53. The van der Waals surface area contributed by atoms with E-state index in [4.69, 9.17) is 11.6 Å². The van der Waals surface area contributed by atoms with Gasteiger partial charge in [0.2, 0.25) is 5.78 Å². The lowest BCUT2D eigenvalue weighted by atomic mass is 10.2. The Balaban J connectivity index is 1.47. The van der Waals surface area contributed by atoms with Gasteiger partial charge in [-0.3, -0.25) is 4.79 Å². The molecule has 0 aliphatic carbocycles. The van der Waals surface area contributed by atoms with E-state index in [0.717, 1.165) is 10.4 Å². The minimum Gasteiger partial charge on any atom is -0.334 e. The van der Waals surface area contributed by atoms with Crippen molar-refractivity contribution in [3.05, 3.63) is 79.1 Å². The summed E-state index contributed by atoms with van der Waals surface area (Å²) < 4.78 is 0. The molecule has 4 nitrogen and oxygen atoms in total. The van der Waals surface area contributed by atoms with Crippen molar-refractivity contribution in [1.82, 2.24) is 10.6 Å². The topological polar surface area (TPSA) is 58.2 Å². The molecular formula is C18H15ClN2O2S2. The molecular weight excluding hydrogens is 376 g/mol. The number of rotatable bonds is 6. The molecule has 0 spiro atoms. The standard InChI is InChI=1S/C18H15ClN2O2S2/c19-14-3-1-12(2-4-14)9-20-18(23)21-10-15-5-6-16(25-15)17(22)13-7-8-24-11-13/h1-8,11H,9-10H2,(H2,20,21,23). The maximum Gasteiger partial charge on any atom is 0.315 e. The number of thiophene rings is 2. The van der Waals surface area contributed by atoms with E-state index in [2.05, 4.69) is 10.6 Å². The molecule has 0 saturated heterocycles. The van der Waals surface area contributed by atoms with Crippen LogP contribution in [0.3, 0.4) is 0 Å². The molecule has 3 rings (SSSR count). The van der Waals surface area contributed by atoms with Crippen LogP contribution in [0.5, 0.6) is 0 Å². The van der Waals surface area contributed by atoms with E-state index >= 15 is 0 Å². The van der Waals surface area contributed by atoms with Crippen LogP contribution in [0.25, 0.3) is 0 Å². The maximum absolute atomic E-state index is 12.3. The molecule has 0 aliphatic rings. The van der Waals surface area contributed by atoms with Crippen molar-refractivity contribution in [2.75, 3.05) is 0 Å². The number of hydrogen-bond donors (Lipinski definition) is 2. The fourth-order valence-corrected chi connectivity index (χ4v) is 3.82. The summed E-state index contributed by atoms with van der Waals surface area (Å²) in [7, 11) is 0. The lowest BCUT2D eigenvalue weighted by molar-refractivity contribution is 0.104. The van der Waals surface area contributed by atoms with Gasteiger partial charge in [0.15, 0.2) is 0 Å². The largest absolute Gasteiger partial charge is 0.334 e. The van der Waals surface area contributed by atoms with Crippen LogP contribution in [0.15, 0.2) is 53.2 Å². The summed E-state index contributed by atoms with van der Waals surface area (Å²) in [5.74, 6) is 0.0182. The van der Waals surface area contributed by atoms with Crippen molar-refractivity contribution >= 4 is 46.1 Å². The zero-order valence-electron chi connectivity index (χ0n) is 13.1. The number of ketones is 1. The Morgan fingerprint density at radius 3 is 2.44 bits per heavy atom. The normalized spacial score (nSPS) is 10.4. The average Bonchev–Trinajstić information content (AvgIpc) is 3.30. The van der Waals surface area contributed by atoms with Crippen LogP contribution in [0.1, 0.15) is 25.7 Å². The Hall–Kier alpha value is -2.15. The van der Waals surface area contributed by atoms with Crippen molar-refractivity contribution in [2.24, 2.45) is 0 Å². The zero-order chi connectivity index (χ0) is 17.6. The van der Waals surface area contributed by atoms with E-state index in [1.165, 1.54) is 22.7 Å². The number of hydrogen-bond acceptors (Lipinski definition) is 4. The van der Waals surface area contributed by atoms with Gasteiger partial charge < -0.3 is 10.6 Å². The minimum atomic E-state index is -0.255. The molecule has 0 fully saturated rings. The number of carbonyl (C=O) groups excluding carboxylic acids is 2. The summed E-state index contributed by atoms with van der Waals surface area (Å²) in [6.07, 6.45) is 0. The molecule has 2 amide bonds. The number of carbonyl (C=O) groups is 2. The third-order valence-corrected chi connectivity index (χ3v) is 5.48. The molecule has 0 aliphatic heterocycles. The van der Waals surface area contributed by atoms with Crippen molar-refractivity contribution in [3.63, 3.8) is 0 Å². The van der Waals surface area contributed by atoms with Crippen LogP contribution in [0.4, 0.5) is 4.79 Å². The van der Waals surface area contributed by atoms with Crippen LogP contribution in [-0.4, -0.2) is 11.8 Å². The van der Waals surface area contributed by atoms with Gasteiger partial charge >= 0.3 is 6.03 Å². The van der Waals surface area contributed by atoms with Gasteiger partial charge in [0.1, 0.15) is 0 Å². The highest BCUT2D eigenvalue weighted by molar-refractivity contribution is 7.14.